The molecule has 9 heteroatoms. The number of alkyl halides is 1. The maximum Gasteiger partial charge on any atom is 0.213 e. The van der Waals surface area contributed by atoms with E-state index in [0.29, 0.717) is 29.0 Å². The first-order valence-corrected chi connectivity index (χ1v) is 12.1. The van der Waals surface area contributed by atoms with E-state index < -0.39 is 12.0 Å². The van der Waals surface area contributed by atoms with Gasteiger partial charge in [-0.25, -0.2) is 18.7 Å². The Labute approximate surface area is 202 Å². The lowest BCUT2D eigenvalue weighted by Crippen LogP contribution is -2.57. The monoisotopic (exact) mass is 479 g/mol. The number of piperidine rings is 1. The van der Waals surface area contributed by atoms with E-state index in [0.717, 1.165) is 32.1 Å². The lowest BCUT2D eigenvalue weighted by Gasteiger charge is -2.41. The number of anilines is 1. The van der Waals surface area contributed by atoms with Gasteiger partial charge in [-0.3, -0.25) is 4.98 Å². The van der Waals surface area contributed by atoms with Crippen LogP contribution in [0.1, 0.15) is 32.1 Å². The molecule has 3 aromatic rings. The van der Waals surface area contributed by atoms with Crippen LogP contribution in [0.4, 0.5) is 14.6 Å². The zero-order valence-electron chi connectivity index (χ0n) is 19.4. The quantitative estimate of drug-likeness (QED) is 0.547. The molecule has 1 aromatic carbocycles. The number of phenols is 1. The van der Waals surface area contributed by atoms with E-state index in [2.05, 4.69) is 25.2 Å². The summed E-state index contributed by atoms with van der Waals surface area (Å²) in [5.74, 6) is 0.356. The van der Waals surface area contributed by atoms with Crippen LogP contribution in [0, 0.1) is 5.82 Å². The van der Waals surface area contributed by atoms with Crippen LogP contribution in [0.5, 0.6) is 11.6 Å². The molecule has 182 valence electrons. The van der Waals surface area contributed by atoms with Gasteiger partial charge >= 0.3 is 0 Å². The van der Waals surface area contributed by atoms with Gasteiger partial charge in [-0.1, -0.05) is 0 Å². The van der Waals surface area contributed by atoms with Crippen molar-refractivity contribution in [2.45, 2.75) is 62.4 Å². The van der Waals surface area contributed by atoms with Gasteiger partial charge in [0, 0.05) is 41.5 Å². The fourth-order valence-electron chi connectivity index (χ4n) is 5.49. The standard InChI is InChI=1S/C26H27F2N5O2/c1-35-25-8-14(6-7-29-25)17-11-23(34)18(10-19(17)27)21-12-31-24(13-30-21)33(16-3-4-16)22-9-15-2-5-20(32-15)26(22)28/h6-8,10-13,15-16,20,22,26,32,34H,2-5,9H2,1H3. The van der Waals surface area contributed by atoms with Gasteiger partial charge in [0.05, 0.1) is 31.2 Å². The highest BCUT2D eigenvalue weighted by molar-refractivity contribution is 5.75. The maximum atomic E-state index is 15.3. The first-order chi connectivity index (χ1) is 17.0. The number of halogens is 2. The normalized spacial score (nSPS) is 25.5. The number of rotatable bonds is 6. The molecule has 4 unspecified atom stereocenters. The lowest BCUT2D eigenvalue weighted by molar-refractivity contribution is 0.171. The number of nitrogens with one attached hydrogen (secondary N) is 1. The Bertz CT molecular complexity index is 1240. The Morgan fingerprint density at radius 2 is 1.91 bits per heavy atom. The molecule has 2 N–H and O–H groups in total. The van der Waals surface area contributed by atoms with Crippen molar-refractivity contribution in [1.29, 1.82) is 0 Å². The smallest absolute Gasteiger partial charge is 0.213 e. The summed E-state index contributed by atoms with van der Waals surface area (Å²) in [5.41, 5.74) is 1.36. The van der Waals surface area contributed by atoms with Crippen molar-refractivity contribution in [3.05, 3.63) is 48.7 Å². The Kier molecular flexibility index (Phi) is 5.51. The van der Waals surface area contributed by atoms with Crippen LogP contribution in [-0.4, -0.2) is 57.5 Å². The highest BCUT2D eigenvalue weighted by Crippen LogP contribution is 2.40. The van der Waals surface area contributed by atoms with Crippen LogP contribution >= 0.6 is 0 Å². The summed E-state index contributed by atoms with van der Waals surface area (Å²) in [7, 11) is 1.49. The SMILES string of the molecule is COc1cc(-c2cc(O)c(-c3cnc(N(C4CC4)C4CC5CCC(N5)C4F)cn3)cc2F)ccn1. The number of benzene rings is 1. The van der Waals surface area contributed by atoms with Gasteiger partial charge in [-0.05, 0) is 55.9 Å². The van der Waals surface area contributed by atoms with E-state index in [4.69, 9.17) is 4.74 Å². The third-order valence-electron chi connectivity index (χ3n) is 7.37. The summed E-state index contributed by atoms with van der Waals surface area (Å²) in [6, 6.07) is 6.18. The topological polar surface area (TPSA) is 83.4 Å². The largest absolute Gasteiger partial charge is 0.507 e. The molecule has 6 rings (SSSR count). The minimum Gasteiger partial charge on any atom is -0.507 e. The number of nitrogens with zero attached hydrogens (tertiary/aromatic N) is 4. The van der Waals surface area contributed by atoms with Crippen LogP contribution in [0.3, 0.4) is 0 Å². The third kappa shape index (κ3) is 4.07. The Balaban J connectivity index is 1.28. The number of pyridine rings is 1. The zero-order valence-corrected chi connectivity index (χ0v) is 19.4. The van der Waals surface area contributed by atoms with Crippen LogP contribution in [0.25, 0.3) is 22.4 Å². The van der Waals surface area contributed by atoms with Crippen LogP contribution in [0.15, 0.2) is 42.9 Å². The van der Waals surface area contributed by atoms with E-state index in [1.54, 1.807) is 18.3 Å². The lowest BCUT2D eigenvalue weighted by atomic mass is 9.96. The Morgan fingerprint density at radius 1 is 1.06 bits per heavy atom. The molecule has 35 heavy (non-hydrogen) atoms. The molecule has 2 bridgehead atoms. The van der Waals surface area contributed by atoms with Gasteiger partial charge in [-0.2, -0.15) is 0 Å². The summed E-state index contributed by atoms with van der Waals surface area (Å²) in [5, 5.41) is 14.1. The van der Waals surface area contributed by atoms with Crippen molar-refractivity contribution in [2.75, 3.05) is 12.0 Å². The van der Waals surface area contributed by atoms with E-state index in [1.165, 1.54) is 31.6 Å². The number of hydrogen-bond acceptors (Lipinski definition) is 7. The average molecular weight is 480 g/mol. The number of fused-ring (bicyclic) bond motifs is 2. The van der Waals surface area contributed by atoms with Gasteiger partial charge in [0.1, 0.15) is 23.6 Å². The molecule has 7 nitrogen and oxygen atoms in total. The molecule has 0 radical (unpaired) electrons. The zero-order chi connectivity index (χ0) is 24.1. The molecule has 1 saturated carbocycles. The Morgan fingerprint density at radius 3 is 2.66 bits per heavy atom. The average Bonchev–Trinajstić information content (AvgIpc) is 3.63. The second kappa shape index (κ2) is 8.71. The predicted octanol–water partition coefficient (Wildman–Crippen LogP) is 4.26. The van der Waals surface area contributed by atoms with E-state index in [1.807, 2.05) is 0 Å². The molecule has 2 aromatic heterocycles. The number of methoxy groups -OCH3 is 1. The highest BCUT2D eigenvalue weighted by Gasteiger charge is 2.48. The number of hydrogen-bond donors (Lipinski definition) is 2. The van der Waals surface area contributed by atoms with Crippen molar-refractivity contribution in [2.24, 2.45) is 0 Å². The maximum absolute atomic E-state index is 15.3. The number of aromatic nitrogens is 3. The molecule has 0 spiro atoms. The highest BCUT2D eigenvalue weighted by atomic mass is 19.1. The summed E-state index contributed by atoms with van der Waals surface area (Å²) in [6.07, 6.45) is 8.38. The molecule has 4 heterocycles. The molecule has 3 aliphatic rings. The molecule has 0 amide bonds. The summed E-state index contributed by atoms with van der Waals surface area (Å²) in [6.45, 7) is 0. The van der Waals surface area contributed by atoms with Gasteiger partial charge in [0.2, 0.25) is 5.88 Å². The van der Waals surface area contributed by atoms with E-state index >= 15 is 8.78 Å². The fourth-order valence-corrected chi connectivity index (χ4v) is 5.49. The van der Waals surface area contributed by atoms with Gasteiger partial charge in [0.25, 0.3) is 0 Å². The molecular weight excluding hydrogens is 452 g/mol. The number of ether oxygens (including phenoxy) is 1. The van der Waals surface area contributed by atoms with Gasteiger partial charge < -0.3 is 20.1 Å². The predicted molar refractivity (Wildman–Crippen MR) is 128 cm³/mol. The number of phenolic OH excluding ortho intramolecular Hbond substituents is 1. The molecule has 3 fully saturated rings. The molecule has 4 atom stereocenters. The van der Waals surface area contributed by atoms with Crippen LogP contribution in [0.2, 0.25) is 0 Å². The summed E-state index contributed by atoms with van der Waals surface area (Å²) >= 11 is 0. The minimum atomic E-state index is -0.951. The summed E-state index contributed by atoms with van der Waals surface area (Å²) < 4.78 is 35.5. The van der Waals surface area contributed by atoms with Crippen LogP contribution in [-0.2, 0) is 0 Å². The van der Waals surface area contributed by atoms with E-state index in [-0.39, 0.29) is 35.0 Å². The van der Waals surface area contributed by atoms with Gasteiger partial charge in [-0.15, -0.1) is 0 Å². The van der Waals surface area contributed by atoms with Crippen molar-refractivity contribution in [1.82, 2.24) is 20.3 Å². The van der Waals surface area contributed by atoms with Gasteiger partial charge in [0.15, 0.2) is 0 Å². The molecule has 1 aliphatic carbocycles. The number of aromatic hydroxyl groups is 1. The molecule has 2 aliphatic heterocycles. The fraction of sp³-hybridized carbons (Fsp3) is 0.423. The van der Waals surface area contributed by atoms with Crippen LogP contribution < -0.4 is 15.0 Å². The third-order valence-corrected chi connectivity index (χ3v) is 7.37. The first kappa shape index (κ1) is 22.2. The van der Waals surface area contributed by atoms with Crippen molar-refractivity contribution in [3.8, 4) is 34.0 Å². The molecule has 2 saturated heterocycles. The minimum absolute atomic E-state index is 0.0916. The second-order valence-corrected chi connectivity index (χ2v) is 9.63. The van der Waals surface area contributed by atoms with Crippen molar-refractivity contribution >= 4 is 5.82 Å². The summed E-state index contributed by atoms with van der Waals surface area (Å²) in [4.78, 5) is 15.2. The van der Waals surface area contributed by atoms with Crippen molar-refractivity contribution < 1.29 is 18.6 Å². The second-order valence-electron chi connectivity index (χ2n) is 9.63. The van der Waals surface area contributed by atoms with Crippen molar-refractivity contribution in [3.63, 3.8) is 0 Å². The Hall–Kier alpha value is -3.33. The van der Waals surface area contributed by atoms with E-state index in [9.17, 15) is 5.11 Å². The molecular formula is C26H27F2N5O2. The first-order valence-electron chi connectivity index (χ1n) is 12.1.